The van der Waals surface area contributed by atoms with Crippen LogP contribution in [0.5, 0.6) is 17.2 Å². The molecule has 1 fully saturated rings. The number of hydrogen-bond acceptors (Lipinski definition) is 6. The molecule has 4 aromatic rings. The van der Waals surface area contributed by atoms with Gasteiger partial charge in [-0.2, -0.15) is 0 Å². The second kappa shape index (κ2) is 16.0. The number of hydrogen-bond donors (Lipinski definition) is 2. The molecule has 2 aromatic heterocycles. The largest absolute Gasteiger partial charge is 0.496 e. The molecular weight excluding hydrogens is 588 g/mol. The van der Waals surface area contributed by atoms with Gasteiger partial charge in [0.1, 0.15) is 18.0 Å². The Morgan fingerprint density at radius 2 is 1.80 bits per heavy atom. The Morgan fingerprint density at radius 3 is 2.60 bits per heavy atom. The zero-order valence-corrected chi connectivity index (χ0v) is 27.4. The molecule has 9 heteroatoms. The van der Waals surface area contributed by atoms with E-state index in [4.69, 9.17) is 30.8 Å². The molecule has 240 valence electrons. The number of carbonyl (C=O) groups is 1. The molecule has 0 radical (unpaired) electrons. The maximum Gasteiger partial charge on any atom is 0.220 e. The van der Waals surface area contributed by atoms with Crippen molar-refractivity contribution in [2.75, 3.05) is 27.4 Å². The maximum atomic E-state index is 13.0. The minimum atomic E-state index is 0.00163. The van der Waals surface area contributed by atoms with E-state index in [1.54, 1.807) is 14.2 Å². The molecule has 5 rings (SSSR count). The van der Waals surface area contributed by atoms with Crippen LogP contribution in [0.4, 0.5) is 0 Å². The van der Waals surface area contributed by atoms with Crippen molar-refractivity contribution in [3.05, 3.63) is 88.3 Å². The standard InChI is InChI=1S/C36H45ClN4O4/c1-25(22-27-16-17-32(44-3)36(35(27)37)45-21-19-38-28-11-5-6-12-28)15-18-34(42)39-24-29-30(41-20-9-8-14-33(41)40-29)23-26-10-4-7-13-31(26)43-2/h4,7-10,13-14,16-17,20,25,28,38H,5-6,11-12,15,18-19,21-24H2,1-3H3,(H,39,42). The highest BCUT2D eigenvalue weighted by molar-refractivity contribution is 6.33. The van der Waals surface area contributed by atoms with Gasteiger partial charge < -0.3 is 29.2 Å². The number of nitrogens with one attached hydrogen (secondary N) is 2. The van der Waals surface area contributed by atoms with Crippen molar-refractivity contribution >= 4 is 23.2 Å². The predicted molar refractivity (Wildman–Crippen MR) is 179 cm³/mol. The van der Waals surface area contributed by atoms with Crippen LogP contribution in [-0.4, -0.2) is 48.7 Å². The van der Waals surface area contributed by atoms with Crippen molar-refractivity contribution < 1.29 is 19.0 Å². The molecule has 1 saturated carbocycles. The fourth-order valence-electron chi connectivity index (χ4n) is 6.16. The van der Waals surface area contributed by atoms with Gasteiger partial charge in [-0.25, -0.2) is 4.98 Å². The monoisotopic (exact) mass is 632 g/mol. The van der Waals surface area contributed by atoms with Gasteiger partial charge in [-0.3, -0.25) is 4.79 Å². The first-order chi connectivity index (χ1) is 22.0. The number of benzene rings is 2. The molecule has 0 bridgehead atoms. The highest BCUT2D eigenvalue weighted by atomic mass is 35.5. The summed E-state index contributed by atoms with van der Waals surface area (Å²) in [7, 11) is 3.31. The Kier molecular flexibility index (Phi) is 11.6. The van der Waals surface area contributed by atoms with Gasteiger partial charge in [0.05, 0.1) is 37.2 Å². The fraction of sp³-hybridized carbons (Fsp3) is 0.444. The Morgan fingerprint density at radius 1 is 1.02 bits per heavy atom. The molecule has 2 heterocycles. The maximum absolute atomic E-state index is 13.0. The molecule has 2 aromatic carbocycles. The molecule has 0 saturated heterocycles. The van der Waals surface area contributed by atoms with Crippen molar-refractivity contribution in [3.8, 4) is 17.2 Å². The first-order valence-electron chi connectivity index (χ1n) is 16.0. The number of fused-ring (bicyclic) bond motifs is 1. The number of imidazole rings is 1. The Labute approximate surface area is 271 Å². The summed E-state index contributed by atoms with van der Waals surface area (Å²) < 4.78 is 19.3. The van der Waals surface area contributed by atoms with Gasteiger partial charge in [0.15, 0.2) is 11.5 Å². The van der Waals surface area contributed by atoms with Crippen LogP contribution in [0.2, 0.25) is 5.02 Å². The molecule has 1 aliphatic rings. The third-order valence-corrected chi connectivity index (χ3v) is 9.06. The lowest BCUT2D eigenvalue weighted by Gasteiger charge is -2.18. The number of amides is 1. The number of halogens is 1. The summed E-state index contributed by atoms with van der Waals surface area (Å²) in [5.74, 6) is 2.30. The third-order valence-electron chi connectivity index (χ3n) is 8.65. The molecule has 2 N–H and O–H groups in total. The van der Waals surface area contributed by atoms with E-state index in [0.717, 1.165) is 53.3 Å². The van der Waals surface area contributed by atoms with E-state index >= 15 is 0 Å². The Bertz CT molecular complexity index is 1570. The summed E-state index contributed by atoms with van der Waals surface area (Å²) >= 11 is 6.83. The zero-order valence-electron chi connectivity index (χ0n) is 26.6. The van der Waals surface area contributed by atoms with Gasteiger partial charge in [0, 0.05) is 37.2 Å². The lowest BCUT2D eigenvalue weighted by Crippen LogP contribution is -2.30. The van der Waals surface area contributed by atoms with Crippen LogP contribution in [0.3, 0.4) is 0 Å². The fourth-order valence-corrected chi connectivity index (χ4v) is 6.45. The molecule has 1 unspecified atom stereocenters. The van der Waals surface area contributed by atoms with E-state index in [1.165, 1.54) is 25.7 Å². The van der Waals surface area contributed by atoms with E-state index in [1.807, 2.05) is 54.7 Å². The van der Waals surface area contributed by atoms with Gasteiger partial charge in [-0.1, -0.05) is 61.7 Å². The van der Waals surface area contributed by atoms with Crippen LogP contribution in [0.1, 0.15) is 68.0 Å². The van der Waals surface area contributed by atoms with Crippen LogP contribution < -0.4 is 24.8 Å². The number of rotatable bonds is 16. The average molecular weight is 633 g/mol. The van der Waals surface area contributed by atoms with Crippen molar-refractivity contribution in [2.45, 2.75) is 70.9 Å². The molecule has 8 nitrogen and oxygen atoms in total. The third kappa shape index (κ3) is 8.50. The van der Waals surface area contributed by atoms with Crippen molar-refractivity contribution in [1.29, 1.82) is 0 Å². The summed E-state index contributed by atoms with van der Waals surface area (Å²) in [5.41, 5.74) is 4.80. The summed E-state index contributed by atoms with van der Waals surface area (Å²) in [4.78, 5) is 17.8. The normalized spacial score (nSPS) is 14.0. The summed E-state index contributed by atoms with van der Waals surface area (Å²) in [5, 5.41) is 7.26. The summed E-state index contributed by atoms with van der Waals surface area (Å²) in [6.45, 7) is 3.81. The molecule has 0 spiro atoms. The second-order valence-corrected chi connectivity index (χ2v) is 12.3. The van der Waals surface area contributed by atoms with E-state index in [2.05, 4.69) is 28.0 Å². The van der Waals surface area contributed by atoms with Crippen molar-refractivity contribution in [1.82, 2.24) is 20.0 Å². The number of carbonyl (C=O) groups excluding carboxylic acids is 1. The topological polar surface area (TPSA) is 86.1 Å². The SMILES string of the molecule is COc1ccccc1Cc1c(CNC(=O)CCC(C)Cc2ccc(OC)c(OCCNC3CCCC3)c2Cl)nc2ccccn12. The molecule has 1 amide bonds. The first kappa shape index (κ1) is 32.6. The van der Waals surface area contributed by atoms with Gasteiger partial charge >= 0.3 is 0 Å². The zero-order chi connectivity index (χ0) is 31.6. The van der Waals surface area contributed by atoms with Crippen LogP contribution in [0.25, 0.3) is 5.65 Å². The quantitative estimate of drug-likeness (QED) is 0.132. The van der Waals surface area contributed by atoms with Gasteiger partial charge in [0.25, 0.3) is 0 Å². The number of para-hydroxylation sites is 1. The van der Waals surface area contributed by atoms with Crippen LogP contribution in [0.15, 0.2) is 60.8 Å². The predicted octanol–water partition coefficient (Wildman–Crippen LogP) is 6.78. The van der Waals surface area contributed by atoms with Crippen molar-refractivity contribution in [3.63, 3.8) is 0 Å². The smallest absolute Gasteiger partial charge is 0.220 e. The number of ether oxygens (including phenoxy) is 3. The molecule has 1 aliphatic carbocycles. The highest BCUT2D eigenvalue weighted by Crippen LogP contribution is 2.38. The van der Waals surface area contributed by atoms with E-state index in [0.29, 0.717) is 48.6 Å². The van der Waals surface area contributed by atoms with E-state index < -0.39 is 0 Å². The van der Waals surface area contributed by atoms with Gasteiger partial charge in [-0.15, -0.1) is 0 Å². The minimum absolute atomic E-state index is 0.00163. The van der Waals surface area contributed by atoms with Gasteiger partial charge in [-0.05, 0) is 61.4 Å². The van der Waals surface area contributed by atoms with Crippen LogP contribution >= 0.6 is 11.6 Å². The highest BCUT2D eigenvalue weighted by Gasteiger charge is 2.19. The second-order valence-electron chi connectivity index (χ2n) is 11.9. The van der Waals surface area contributed by atoms with Crippen LogP contribution in [-0.2, 0) is 24.2 Å². The average Bonchev–Trinajstić information content (AvgIpc) is 3.71. The molecular formula is C36H45ClN4O4. The van der Waals surface area contributed by atoms with Gasteiger partial charge in [0.2, 0.25) is 5.91 Å². The Balaban J connectivity index is 1.15. The molecule has 45 heavy (non-hydrogen) atoms. The number of pyridine rings is 1. The molecule has 0 aliphatic heterocycles. The van der Waals surface area contributed by atoms with Crippen LogP contribution in [0, 0.1) is 5.92 Å². The first-order valence-corrected chi connectivity index (χ1v) is 16.4. The van der Waals surface area contributed by atoms with E-state index in [-0.39, 0.29) is 11.8 Å². The lowest BCUT2D eigenvalue weighted by molar-refractivity contribution is -0.121. The number of aromatic nitrogens is 2. The lowest BCUT2D eigenvalue weighted by atomic mass is 9.96. The molecule has 1 atom stereocenters. The number of methoxy groups -OCH3 is 2. The Hall–Kier alpha value is -3.75. The minimum Gasteiger partial charge on any atom is -0.496 e. The number of nitrogens with zero attached hydrogens (tertiary/aromatic N) is 2. The summed E-state index contributed by atoms with van der Waals surface area (Å²) in [6, 6.07) is 18.4. The summed E-state index contributed by atoms with van der Waals surface area (Å²) in [6.07, 6.45) is 9.61. The van der Waals surface area contributed by atoms with Crippen molar-refractivity contribution in [2.24, 2.45) is 5.92 Å². The van der Waals surface area contributed by atoms with E-state index in [9.17, 15) is 4.79 Å².